The van der Waals surface area contributed by atoms with Crippen molar-refractivity contribution in [2.75, 3.05) is 6.54 Å². The molecule has 0 aliphatic carbocycles. The van der Waals surface area contributed by atoms with Gasteiger partial charge < -0.3 is 0 Å². The molecule has 1 heterocycles. The number of hydrogen-bond acceptors (Lipinski definition) is 4. The van der Waals surface area contributed by atoms with Crippen molar-refractivity contribution < 1.29 is 14.5 Å². The van der Waals surface area contributed by atoms with Gasteiger partial charge in [-0.15, -0.1) is 0 Å². The van der Waals surface area contributed by atoms with Crippen LogP contribution in [0.2, 0.25) is 0 Å². The Bertz CT molecular complexity index is 524. The van der Waals surface area contributed by atoms with Crippen molar-refractivity contribution in [2.45, 2.75) is 32.1 Å². The van der Waals surface area contributed by atoms with E-state index in [0.717, 1.165) is 24.8 Å². The van der Waals surface area contributed by atoms with E-state index >= 15 is 0 Å². The lowest BCUT2D eigenvalue weighted by Crippen LogP contribution is -2.47. The van der Waals surface area contributed by atoms with E-state index in [2.05, 4.69) is 0 Å². The first kappa shape index (κ1) is 14.2. The second kappa shape index (κ2) is 6.27. The van der Waals surface area contributed by atoms with E-state index in [4.69, 9.17) is 0 Å². The number of benzene rings is 1. The molecule has 1 aromatic rings. The molecule has 0 spiro atoms. The van der Waals surface area contributed by atoms with Crippen LogP contribution in [0.5, 0.6) is 0 Å². The monoisotopic (exact) mass is 276 g/mol. The third-order valence-corrected chi connectivity index (χ3v) is 3.40. The Morgan fingerprint density at radius 1 is 1.25 bits per heavy atom. The minimum Gasteiger partial charge on any atom is -0.282 e. The third kappa shape index (κ3) is 3.40. The second-order valence-corrected chi connectivity index (χ2v) is 4.82. The van der Waals surface area contributed by atoms with Gasteiger partial charge in [-0.1, -0.05) is 12.1 Å². The maximum absolute atomic E-state index is 11.6. The first-order valence-electron chi connectivity index (χ1n) is 6.64. The molecule has 1 aliphatic rings. The zero-order valence-electron chi connectivity index (χ0n) is 11.1. The number of non-ortho nitro benzene ring substituents is 1. The molecule has 0 N–H and O–H groups in total. The number of unbranched alkanes of at least 4 members (excludes halogenated alkanes) is 1. The number of imide groups is 1. The minimum atomic E-state index is -0.424. The molecule has 20 heavy (non-hydrogen) atoms. The Labute approximate surface area is 116 Å². The summed E-state index contributed by atoms with van der Waals surface area (Å²) in [5.41, 5.74) is 1.10. The van der Waals surface area contributed by atoms with E-state index in [1.54, 1.807) is 12.1 Å². The highest BCUT2D eigenvalue weighted by Gasteiger charge is 2.28. The van der Waals surface area contributed by atoms with Crippen LogP contribution >= 0.6 is 0 Å². The van der Waals surface area contributed by atoms with Crippen molar-refractivity contribution in [3.63, 3.8) is 0 Å². The van der Waals surface area contributed by atoms with Gasteiger partial charge in [-0.25, -0.2) is 0 Å². The summed E-state index contributed by atoms with van der Waals surface area (Å²) in [6.45, 7) is 0.556. The van der Waals surface area contributed by atoms with Gasteiger partial charge >= 0.3 is 0 Å². The number of carbonyl (C=O) groups is 2. The third-order valence-electron chi connectivity index (χ3n) is 3.40. The zero-order valence-corrected chi connectivity index (χ0v) is 11.1. The smallest absolute Gasteiger partial charge is 0.269 e. The molecular weight excluding hydrogens is 260 g/mol. The molecule has 6 heteroatoms. The fourth-order valence-corrected chi connectivity index (χ4v) is 2.10. The van der Waals surface area contributed by atoms with Gasteiger partial charge in [0.05, 0.1) is 4.92 Å². The van der Waals surface area contributed by atoms with Crippen molar-refractivity contribution in [1.29, 1.82) is 0 Å². The molecule has 6 nitrogen and oxygen atoms in total. The summed E-state index contributed by atoms with van der Waals surface area (Å²) in [7, 11) is 0. The van der Waals surface area contributed by atoms with Crippen molar-refractivity contribution in [1.82, 2.24) is 4.90 Å². The maximum Gasteiger partial charge on any atom is 0.269 e. The normalized spacial score (nSPS) is 14.0. The number of rotatable bonds is 6. The lowest BCUT2D eigenvalue weighted by atomic mass is 10.1. The van der Waals surface area contributed by atoms with Crippen LogP contribution in [0.4, 0.5) is 5.69 Å². The van der Waals surface area contributed by atoms with Crippen LogP contribution in [0, 0.1) is 10.1 Å². The number of likely N-dealkylation sites (tertiary alicyclic amines) is 1. The minimum absolute atomic E-state index is 0.0784. The summed E-state index contributed by atoms with van der Waals surface area (Å²) < 4.78 is 0. The SMILES string of the molecule is O=C(CCCCc1ccc([N+](=O)[O-])cc1)N1CCC1=O. The molecule has 1 fully saturated rings. The Kier molecular flexibility index (Phi) is 4.45. The van der Waals surface area contributed by atoms with Crippen LogP contribution in [0.25, 0.3) is 0 Å². The quantitative estimate of drug-likeness (QED) is 0.345. The zero-order chi connectivity index (χ0) is 14.5. The number of nitrogens with zero attached hydrogens (tertiary/aromatic N) is 2. The molecule has 0 bridgehead atoms. The summed E-state index contributed by atoms with van der Waals surface area (Å²) in [4.78, 5) is 34.0. The number of nitro groups is 1. The average Bonchev–Trinajstić information content (AvgIpc) is 2.42. The summed E-state index contributed by atoms with van der Waals surface area (Å²) in [6.07, 6.45) is 3.19. The van der Waals surface area contributed by atoms with Gasteiger partial charge in [-0.05, 0) is 24.8 Å². The molecule has 1 saturated heterocycles. The number of carbonyl (C=O) groups excluding carboxylic acids is 2. The summed E-state index contributed by atoms with van der Waals surface area (Å²) in [5.74, 6) is -0.171. The van der Waals surface area contributed by atoms with E-state index in [1.165, 1.54) is 17.0 Å². The highest BCUT2D eigenvalue weighted by molar-refractivity contribution is 5.99. The molecule has 2 amide bonds. The van der Waals surface area contributed by atoms with Gasteiger partial charge in [-0.3, -0.25) is 24.6 Å². The Balaban J connectivity index is 1.69. The van der Waals surface area contributed by atoms with Crippen LogP contribution in [0.1, 0.15) is 31.2 Å². The fourth-order valence-electron chi connectivity index (χ4n) is 2.10. The lowest BCUT2D eigenvalue weighted by molar-refractivity contribution is -0.384. The lowest BCUT2D eigenvalue weighted by Gasteiger charge is -2.28. The standard InChI is InChI=1S/C14H16N2O4/c17-13(15-10-9-14(15)18)4-2-1-3-11-5-7-12(8-6-11)16(19)20/h5-8H,1-4,9-10H2. The van der Waals surface area contributed by atoms with E-state index in [0.29, 0.717) is 19.4 Å². The number of amides is 2. The molecule has 0 saturated carbocycles. The van der Waals surface area contributed by atoms with Crippen LogP contribution in [-0.4, -0.2) is 28.2 Å². The van der Waals surface area contributed by atoms with Crippen LogP contribution in [-0.2, 0) is 16.0 Å². The molecule has 2 rings (SSSR count). The van der Waals surface area contributed by atoms with Gasteiger partial charge in [0.25, 0.3) is 5.69 Å². The molecular formula is C14H16N2O4. The van der Waals surface area contributed by atoms with Gasteiger partial charge in [0.15, 0.2) is 0 Å². The topological polar surface area (TPSA) is 80.5 Å². The fraction of sp³-hybridized carbons (Fsp3) is 0.429. The molecule has 1 aromatic carbocycles. The molecule has 0 radical (unpaired) electrons. The summed E-state index contributed by atoms with van der Waals surface area (Å²) in [5, 5.41) is 10.5. The molecule has 106 valence electrons. The Hall–Kier alpha value is -2.24. The molecule has 0 unspecified atom stereocenters. The number of aryl methyl sites for hydroxylation is 1. The predicted octanol–water partition coefficient (Wildman–Crippen LogP) is 2.07. The van der Waals surface area contributed by atoms with Gasteiger partial charge in [-0.2, -0.15) is 0 Å². The van der Waals surface area contributed by atoms with E-state index in [9.17, 15) is 19.7 Å². The number of β-lactam (4-membered cyclic amide) rings is 1. The van der Waals surface area contributed by atoms with Crippen molar-refractivity contribution in [2.24, 2.45) is 0 Å². The Morgan fingerprint density at radius 3 is 2.45 bits per heavy atom. The van der Waals surface area contributed by atoms with Crippen LogP contribution < -0.4 is 0 Å². The van der Waals surface area contributed by atoms with E-state index in [1.807, 2.05) is 0 Å². The van der Waals surface area contributed by atoms with Gasteiger partial charge in [0.2, 0.25) is 11.8 Å². The predicted molar refractivity (Wildman–Crippen MR) is 72.0 cm³/mol. The second-order valence-electron chi connectivity index (χ2n) is 4.82. The van der Waals surface area contributed by atoms with Crippen LogP contribution in [0.3, 0.4) is 0 Å². The molecule has 1 aliphatic heterocycles. The highest BCUT2D eigenvalue weighted by Crippen LogP contribution is 2.15. The maximum atomic E-state index is 11.6. The van der Waals surface area contributed by atoms with Crippen molar-refractivity contribution in [3.05, 3.63) is 39.9 Å². The summed E-state index contributed by atoms with van der Waals surface area (Å²) >= 11 is 0. The van der Waals surface area contributed by atoms with Crippen LogP contribution in [0.15, 0.2) is 24.3 Å². The largest absolute Gasteiger partial charge is 0.282 e. The summed E-state index contributed by atoms with van der Waals surface area (Å²) in [6, 6.07) is 6.44. The number of hydrogen-bond donors (Lipinski definition) is 0. The highest BCUT2D eigenvalue weighted by atomic mass is 16.6. The average molecular weight is 276 g/mol. The number of nitro benzene ring substituents is 1. The van der Waals surface area contributed by atoms with Gasteiger partial charge in [0.1, 0.15) is 0 Å². The molecule has 0 aromatic heterocycles. The molecule has 0 atom stereocenters. The van der Waals surface area contributed by atoms with E-state index in [-0.39, 0.29) is 17.5 Å². The van der Waals surface area contributed by atoms with Gasteiger partial charge in [0, 0.05) is 31.5 Å². The first-order valence-corrected chi connectivity index (χ1v) is 6.64. The van der Waals surface area contributed by atoms with E-state index < -0.39 is 4.92 Å². The van der Waals surface area contributed by atoms with Crippen molar-refractivity contribution >= 4 is 17.5 Å². The Morgan fingerprint density at radius 2 is 1.95 bits per heavy atom. The van der Waals surface area contributed by atoms with Crippen molar-refractivity contribution in [3.8, 4) is 0 Å². The first-order chi connectivity index (χ1) is 9.58.